The van der Waals surface area contributed by atoms with Crippen LogP contribution < -0.4 is 19.5 Å². The maximum absolute atomic E-state index is 13.0. The highest BCUT2D eigenvalue weighted by molar-refractivity contribution is 7.92. The maximum Gasteiger partial charge on any atom is 0.263 e. The number of hydrogen-bond donors (Lipinski definition) is 2. The number of para-hydroxylation sites is 2. The molecule has 0 bridgehead atoms. The summed E-state index contributed by atoms with van der Waals surface area (Å²) in [4.78, 5) is 9.28. The van der Waals surface area contributed by atoms with Crippen molar-refractivity contribution in [3.05, 3.63) is 72.3 Å². The minimum Gasteiger partial charge on any atom is -0.486 e. The SMILES string of the molecule is Cc1cccc(S(=O)(=O)Nc2nc3ccccc3nc2Nc2ccc3c(c2)OCCO3)c1. The normalized spacial score (nSPS) is 13.0. The summed E-state index contributed by atoms with van der Waals surface area (Å²) in [6.45, 7) is 2.80. The molecule has 32 heavy (non-hydrogen) atoms. The number of benzene rings is 3. The first kappa shape index (κ1) is 20.1. The lowest BCUT2D eigenvalue weighted by molar-refractivity contribution is 0.171. The molecule has 0 saturated heterocycles. The zero-order valence-corrected chi connectivity index (χ0v) is 18.0. The van der Waals surface area contributed by atoms with Crippen molar-refractivity contribution < 1.29 is 17.9 Å². The third-order valence-electron chi connectivity index (χ3n) is 4.91. The smallest absolute Gasteiger partial charge is 0.263 e. The summed E-state index contributed by atoms with van der Waals surface area (Å²) >= 11 is 0. The monoisotopic (exact) mass is 448 g/mol. The molecule has 0 radical (unpaired) electrons. The third kappa shape index (κ3) is 4.02. The average Bonchev–Trinajstić information content (AvgIpc) is 2.79. The first-order chi connectivity index (χ1) is 15.5. The molecule has 0 fully saturated rings. The summed E-state index contributed by atoms with van der Waals surface area (Å²) in [5, 5.41) is 3.16. The Kier molecular flexibility index (Phi) is 5.02. The van der Waals surface area contributed by atoms with Gasteiger partial charge in [-0.15, -0.1) is 0 Å². The Balaban J connectivity index is 1.55. The van der Waals surface area contributed by atoms with E-state index in [1.807, 2.05) is 37.3 Å². The summed E-state index contributed by atoms with van der Waals surface area (Å²) in [7, 11) is -3.87. The highest BCUT2D eigenvalue weighted by Crippen LogP contribution is 2.35. The van der Waals surface area contributed by atoms with Crippen LogP contribution in [-0.4, -0.2) is 31.6 Å². The molecule has 5 rings (SSSR count). The van der Waals surface area contributed by atoms with Crippen LogP contribution in [0.4, 0.5) is 17.3 Å². The number of hydrogen-bond acceptors (Lipinski definition) is 7. The zero-order chi connectivity index (χ0) is 22.1. The second-order valence-corrected chi connectivity index (χ2v) is 9.00. The van der Waals surface area contributed by atoms with E-state index in [2.05, 4.69) is 20.0 Å². The van der Waals surface area contributed by atoms with Crippen LogP contribution in [-0.2, 0) is 10.0 Å². The van der Waals surface area contributed by atoms with Gasteiger partial charge in [0, 0.05) is 11.8 Å². The molecular weight excluding hydrogens is 428 g/mol. The molecule has 162 valence electrons. The van der Waals surface area contributed by atoms with E-state index in [1.54, 1.807) is 30.3 Å². The molecule has 0 atom stereocenters. The van der Waals surface area contributed by atoms with Crippen LogP contribution in [0.1, 0.15) is 5.56 Å². The fourth-order valence-corrected chi connectivity index (χ4v) is 4.50. The first-order valence-corrected chi connectivity index (χ1v) is 11.5. The van der Waals surface area contributed by atoms with Crippen molar-refractivity contribution in [2.45, 2.75) is 11.8 Å². The second-order valence-electron chi connectivity index (χ2n) is 7.31. The Morgan fingerprint density at radius 3 is 2.28 bits per heavy atom. The number of ether oxygens (including phenoxy) is 2. The molecule has 9 heteroatoms. The molecule has 1 aromatic heterocycles. The van der Waals surface area contributed by atoms with Gasteiger partial charge in [0.25, 0.3) is 10.0 Å². The number of nitrogens with one attached hydrogen (secondary N) is 2. The highest BCUT2D eigenvalue weighted by atomic mass is 32.2. The highest BCUT2D eigenvalue weighted by Gasteiger charge is 2.20. The minimum atomic E-state index is -3.87. The van der Waals surface area contributed by atoms with E-state index in [0.717, 1.165) is 5.56 Å². The molecule has 3 aromatic carbocycles. The molecule has 1 aliphatic heterocycles. The van der Waals surface area contributed by atoms with Crippen molar-refractivity contribution in [2.75, 3.05) is 23.3 Å². The topological polar surface area (TPSA) is 102 Å². The van der Waals surface area contributed by atoms with Crippen LogP contribution in [0.15, 0.2) is 71.6 Å². The van der Waals surface area contributed by atoms with E-state index in [0.29, 0.717) is 41.4 Å². The molecule has 0 unspecified atom stereocenters. The molecule has 8 nitrogen and oxygen atoms in total. The van der Waals surface area contributed by atoms with Gasteiger partial charge in [-0.2, -0.15) is 0 Å². The number of nitrogens with zero attached hydrogens (tertiary/aromatic N) is 2. The van der Waals surface area contributed by atoms with Crippen LogP contribution >= 0.6 is 0 Å². The summed E-state index contributed by atoms with van der Waals surface area (Å²) in [6, 6.07) is 19.3. The van der Waals surface area contributed by atoms with Gasteiger partial charge in [0.1, 0.15) is 13.2 Å². The van der Waals surface area contributed by atoms with Gasteiger partial charge < -0.3 is 14.8 Å². The average molecular weight is 449 g/mol. The van der Waals surface area contributed by atoms with Gasteiger partial charge in [-0.1, -0.05) is 24.3 Å². The van der Waals surface area contributed by atoms with Crippen LogP contribution in [0.3, 0.4) is 0 Å². The standard InChI is InChI=1S/C23H20N4O4S/c1-15-5-4-6-17(13-15)32(28,29)27-23-22(25-18-7-2-3-8-19(18)26-23)24-16-9-10-20-21(14-16)31-12-11-30-20/h2-10,13-14H,11-12H2,1H3,(H,24,25)(H,26,27). The molecule has 0 spiro atoms. The largest absolute Gasteiger partial charge is 0.486 e. The van der Waals surface area contributed by atoms with E-state index in [4.69, 9.17) is 9.47 Å². The number of anilines is 3. The lowest BCUT2D eigenvalue weighted by Crippen LogP contribution is -2.16. The Morgan fingerprint density at radius 2 is 1.53 bits per heavy atom. The molecule has 2 N–H and O–H groups in total. The van der Waals surface area contributed by atoms with Gasteiger partial charge in [0.05, 0.1) is 15.9 Å². The second kappa shape index (κ2) is 8.01. The molecule has 0 aliphatic carbocycles. The van der Waals surface area contributed by atoms with E-state index in [9.17, 15) is 8.42 Å². The molecule has 2 heterocycles. The predicted octanol–water partition coefficient (Wildman–Crippen LogP) is 4.25. The Hall–Kier alpha value is -3.85. The van der Waals surface area contributed by atoms with Crippen molar-refractivity contribution >= 4 is 38.4 Å². The summed E-state index contributed by atoms with van der Waals surface area (Å²) in [5.74, 6) is 1.64. The zero-order valence-electron chi connectivity index (χ0n) is 17.2. The van der Waals surface area contributed by atoms with Gasteiger partial charge in [0.2, 0.25) is 0 Å². The van der Waals surface area contributed by atoms with E-state index < -0.39 is 10.0 Å². The summed E-state index contributed by atoms with van der Waals surface area (Å²) < 4.78 is 39.9. The first-order valence-electron chi connectivity index (χ1n) is 10.0. The Bertz CT molecular complexity index is 1420. The van der Waals surface area contributed by atoms with Crippen molar-refractivity contribution in [2.24, 2.45) is 0 Å². The number of aromatic nitrogens is 2. The van der Waals surface area contributed by atoms with Crippen molar-refractivity contribution in [3.8, 4) is 11.5 Å². The summed E-state index contributed by atoms with van der Waals surface area (Å²) in [5.41, 5.74) is 2.70. The van der Waals surface area contributed by atoms with Crippen LogP contribution in [0.5, 0.6) is 11.5 Å². The Morgan fingerprint density at radius 1 is 0.812 bits per heavy atom. The van der Waals surface area contributed by atoms with Crippen molar-refractivity contribution in [1.82, 2.24) is 9.97 Å². The number of fused-ring (bicyclic) bond motifs is 2. The molecule has 0 amide bonds. The van der Waals surface area contributed by atoms with E-state index in [-0.39, 0.29) is 16.5 Å². The fourth-order valence-electron chi connectivity index (χ4n) is 3.38. The maximum atomic E-state index is 13.0. The van der Waals surface area contributed by atoms with Gasteiger partial charge >= 0.3 is 0 Å². The van der Waals surface area contributed by atoms with Crippen LogP contribution in [0.25, 0.3) is 11.0 Å². The number of aryl methyl sites for hydroxylation is 1. The van der Waals surface area contributed by atoms with Gasteiger partial charge in [0.15, 0.2) is 23.1 Å². The van der Waals surface area contributed by atoms with E-state index >= 15 is 0 Å². The predicted molar refractivity (Wildman–Crippen MR) is 122 cm³/mol. The van der Waals surface area contributed by atoms with Crippen LogP contribution in [0, 0.1) is 6.92 Å². The van der Waals surface area contributed by atoms with Gasteiger partial charge in [-0.25, -0.2) is 18.4 Å². The third-order valence-corrected chi connectivity index (χ3v) is 6.24. The fraction of sp³-hybridized carbons (Fsp3) is 0.130. The molecule has 0 saturated carbocycles. The quantitative estimate of drug-likeness (QED) is 0.470. The Labute approximate surface area is 185 Å². The summed E-state index contributed by atoms with van der Waals surface area (Å²) in [6.07, 6.45) is 0. The lowest BCUT2D eigenvalue weighted by Gasteiger charge is -2.19. The van der Waals surface area contributed by atoms with Gasteiger partial charge in [-0.3, -0.25) is 4.72 Å². The molecule has 1 aliphatic rings. The number of rotatable bonds is 5. The van der Waals surface area contributed by atoms with Crippen LogP contribution in [0.2, 0.25) is 0 Å². The lowest BCUT2D eigenvalue weighted by atomic mass is 10.2. The molecular formula is C23H20N4O4S. The minimum absolute atomic E-state index is 0.0973. The van der Waals surface area contributed by atoms with Gasteiger partial charge in [-0.05, 0) is 48.9 Å². The number of sulfonamides is 1. The van der Waals surface area contributed by atoms with Crippen molar-refractivity contribution in [1.29, 1.82) is 0 Å². The van der Waals surface area contributed by atoms with E-state index in [1.165, 1.54) is 6.07 Å². The molecule has 4 aromatic rings. The van der Waals surface area contributed by atoms with Crippen molar-refractivity contribution in [3.63, 3.8) is 0 Å².